The Labute approximate surface area is 169 Å². The number of fused-ring (bicyclic) bond motifs is 1. The molecule has 7 nitrogen and oxygen atoms in total. The standard InChI is InChI=1S/C22H22N6O/c1-14-24-13-19(28(14)4)15-5-6-17-12-25-20(10-18(17)9-15)26-22(29)16-7-8-23-21(11-16)27(2)3/h5-13H,1-4H3,(H,25,26,29). The normalized spacial score (nSPS) is 10.9. The zero-order valence-electron chi connectivity index (χ0n) is 16.8. The molecular weight excluding hydrogens is 364 g/mol. The summed E-state index contributed by atoms with van der Waals surface area (Å²) >= 11 is 0. The highest BCUT2D eigenvalue weighted by Gasteiger charge is 2.11. The van der Waals surface area contributed by atoms with Crippen molar-refractivity contribution in [2.75, 3.05) is 24.3 Å². The van der Waals surface area contributed by atoms with E-state index in [1.54, 1.807) is 24.5 Å². The lowest BCUT2D eigenvalue weighted by atomic mass is 10.1. The molecule has 4 aromatic rings. The Morgan fingerprint density at radius 2 is 1.83 bits per heavy atom. The Kier molecular flexibility index (Phi) is 4.72. The van der Waals surface area contributed by atoms with Crippen LogP contribution in [0.5, 0.6) is 0 Å². The van der Waals surface area contributed by atoms with Crippen LogP contribution in [0.3, 0.4) is 0 Å². The lowest BCUT2D eigenvalue weighted by Gasteiger charge is -2.12. The van der Waals surface area contributed by atoms with E-state index in [1.807, 2.05) is 51.3 Å². The largest absolute Gasteiger partial charge is 0.363 e. The van der Waals surface area contributed by atoms with Gasteiger partial charge in [-0.05, 0) is 36.6 Å². The molecule has 1 aromatic carbocycles. The zero-order valence-corrected chi connectivity index (χ0v) is 16.8. The molecule has 1 amide bonds. The van der Waals surface area contributed by atoms with Crippen LogP contribution in [0, 0.1) is 6.92 Å². The number of hydrogen-bond acceptors (Lipinski definition) is 5. The summed E-state index contributed by atoms with van der Waals surface area (Å²) in [6, 6.07) is 11.5. The first kappa shape index (κ1) is 18.6. The van der Waals surface area contributed by atoms with Gasteiger partial charge in [0, 0.05) is 50.0 Å². The molecule has 7 heteroatoms. The molecule has 0 aliphatic heterocycles. The fraction of sp³-hybridized carbons (Fsp3) is 0.182. The van der Waals surface area contributed by atoms with Gasteiger partial charge < -0.3 is 14.8 Å². The van der Waals surface area contributed by atoms with Crippen LogP contribution in [0.4, 0.5) is 11.6 Å². The molecule has 3 aromatic heterocycles. The first-order valence-electron chi connectivity index (χ1n) is 9.25. The summed E-state index contributed by atoms with van der Waals surface area (Å²) in [6.45, 7) is 1.98. The molecule has 0 aliphatic carbocycles. The van der Waals surface area contributed by atoms with Crippen LogP contribution >= 0.6 is 0 Å². The number of hydrogen-bond donors (Lipinski definition) is 1. The summed E-state index contributed by atoms with van der Waals surface area (Å²) in [5.41, 5.74) is 2.64. The number of rotatable bonds is 4. The highest BCUT2D eigenvalue weighted by Crippen LogP contribution is 2.26. The minimum absolute atomic E-state index is 0.222. The van der Waals surface area contributed by atoms with Crippen LogP contribution in [0.1, 0.15) is 16.2 Å². The predicted molar refractivity (Wildman–Crippen MR) is 115 cm³/mol. The second-order valence-corrected chi connectivity index (χ2v) is 7.13. The van der Waals surface area contributed by atoms with Gasteiger partial charge in [-0.2, -0.15) is 0 Å². The highest BCUT2D eigenvalue weighted by molar-refractivity contribution is 6.05. The third-order valence-electron chi connectivity index (χ3n) is 4.95. The average Bonchev–Trinajstić information content (AvgIpc) is 3.06. The van der Waals surface area contributed by atoms with Gasteiger partial charge >= 0.3 is 0 Å². The van der Waals surface area contributed by atoms with Crippen molar-refractivity contribution in [3.8, 4) is 11.3 Å². The number of pyridine rings is 2. The third kappa shape index (κ3) is 3.67. The molecule has 0 bridgehead atoms. The number of carbonyl (C=O) groups excluding carboxylic acids is 1. The second kappa shape index (κ2) is 7.35. The van der Waals surface area contributed by atoms with Gasteiger partial charge in [0.25, 0.3) is 5.91 Å². The van der Waals surface area contributed by atoms with Crippen LogP contribution in [-0.2, 0) is 7.05 Å². The number of amides is 1. The molecule has 4 rings (SSSR count). The maximum Gasteiger partial charge on any atom is 0.257 e. The van der Waals surface area contributed by atoms with E-state index in [1.165, 1.54) is 0 Å². The summed E-state index contributed by atoms with van der Waals surface area (Å²) in [5.74, 6) is 1.96. The number of anilines is 2. The molecule has 0 spiro atoms. The van der Waals surface area contributed by atoms with E-state index < -0.39 is 0 Å². The first-order chi connectivity index (χ1) is 13.9. The van der Waals surface area contributed by atoms with Gasteiger partial charge in [0.15, 0.2) is 0 Å². The minimum Gasteiger partial charge on any atom is -0.363 e. The number of aromatic nitrogens is 4. The molecule has 0 atom stereocenters. The molecule has 0 fully saturated rings. The third-order valence-corrected chi connectivity index (χ3v) is 4.95. The topological polar surface area (TPSA) is 75.9 Å². The van der Waals surface area contributed by atoms with E-state index >= 15 is 0 Å². The second-order valence-electron chi connectivity index (χ2n) is 7.13. The van der Waals surface area contributed by atoms with Crippen molar-refractivity contribution in [3.63, 3.8) is 0 Å². The zero-order chi connectivity index (χ0) is 20.5. The number of benzene rings is 1. The van der Waals surface area contributed by atoms with Gasteiger partial charge in [-0.15, -0.1) is 0 Å². The molecule has 0 aliphatic rings. The molecule has 29 heavy (non-hydrogen) atoms. The number of imidazole rings is 1. The molecule has 0 saturated carbocycles. The van der Waals surface area contributed by atoms with Crippen molar-refractivity contribution in [1.29, 1.82) is 0 Å². The Morgan fingerprint density at radius 3 is 2.55 bits per heavy atom. The van der Waals surface area contributed by atoms with Crippen molar-refractivity contribution < 1.29 is 4.79 Å². The van der Waals surface area contributed by atoms with Gasteiger partial charge in [0.2, 0.25) is 0 Å². The average molecular weight is 386 g/mol. The highest BCUT2D eigenvalue weighted by atomic mass is 16.1. The smallest absolute Gasteiger partial charge is 0.257 e. The first-order valence-corrected chi connectivity index (χ1v) is 9.25. The van der Waals surface area contributed by atoms with Crippen molar-refractivity contribution in [2.45, 2.75) is 6.92 Å². The van der Waals surface area contributed by atoms with Gasteiger partial charge in [-0.25, -0.2) is 15.0 Å². The SMILES string of the molecule is Cc1ncc(-c2ccc3cnc(NC(=O)c4ccnc(N(C)C)c4)cc3c2)n1C. The molecular formula is C22H22N6O. The molecule has 3 heterocycles. The number of nitrogens with zero attached hydrogens (tertiary/aromatic N) is 5. The summed E-state index contributed by atoms with van der Waals surface area (Å²) in [5, 5.41) is 4.88. The van der Waals surface area contributed by atoms with Crippen molar-refractivity contribution in [1.82, 2.24) is 19.5 Å². The van der Waals surface area contributed by atoms with Crippen LogP contribution in [0.2, 0.25) is 0 Å². The summed E-state index contributed by atoms with van der Waals surface area (Å²) in [4.78, 5) is 27.5. The van der Waals surface area contributed by atoms with E-state index in [0.717, 1.165) is 33.7 Å². The lowest BCUT2D eigenvalue weighted by molar-refractivity contribution is 0.102. The van der Waals surface area contributed by atoms with Crippen molar-refractivity contribution >= 4 is 28.3 Å². The van der Waals surface area contributed by atoms with E-state index in [9.17, 15) is 4.79 Å². The lowest BCUT2D eigenvalue weighted by Crippen LogP contribution is -2.15. The fourth-order valence-electron chi connectivity index (χ4n) is 3.13. The molecule has 1 N–H and O–H groups in total. The van der Waals surface area contributed by atoms with Gasteiger partial charge in [-0.3, -0.25) is 4.79 Å². The number of aryl methyl sites for hydroxylation is 1. The van der Waals surface area contributed by atoms with Crippen LogP contribution in [0.25, 0.3) is 22.0 Å². The predicted octanol–water partition coefficient (Wildman–Crippen LogP) is 3.66. The Balaban J connectivity index is 1.63. The Morgan fingerprint density at radius 1 is 1.00 bits per heavy atom. The fourth-order valence-corrected chi connectivity index (χ4v) is 3.13. The summed E-state index contributed by atoms with van der Waals surface area (Å²) < 4.78 is 2.05. The van der Waals surface area contributed by atoms with E-state index in [0.29, 0.717) is 11.4 Å². The van der Waals surface area contributed by atoms with Crippen molar-refractivity contribution in [3.05, 3.63) is 66.4 Å². The number of carbonyl (C=O) groups is 1. The van der Waals surface area contributed by atoms with Gasteiger partial charge in [0.1, 0.15) is 17.5 Å². The van der Waals surface area contributed by atoms with Crippen LogP contribution in [0.15, 0.2) is 55.0 Å². The van der Waals surface area contributed by atoms with Crippen molar-refractivity contribution in [2.24, 2.45) is 7.05 Å². The minimum atomic E-state index is -0.222. The molecule has 0 radical (unpaired) electrons. The van der Waals surface area contributed by atoms with E-state index in [-0.39, 0.29) is 5.91 Å². The van der Waals surface area contributed by atoms with Gasteiger partial charge in [0.05, 0.1) is 11.9 Å². The monoisotopic (exact) mass is 386 g/mol. The van der Waals surface area contributed by atoms with Gasteiger partial charge in [-0.1, -0.05) is 12.1 Å². The van der Waals surface area contributed by atoms with Crippen LogP contribution in [-0.4, -0.2) is 39.5 Å². The molecule has 0 saturated heterocycles. The molecule has 146 valence electrons. The maximum atomic E-state index is 12.7. The maximum absolute atomic E-state index is 12.7. The quantitative estimate of drug-likeness (QED) is 0.579. The van der Waals surface area contributed by atoms with Crippen LogP contribution < -0.4 is 10.2 Å². The van der Waals surface area contributed by atoms with E-state index in [4.69, 9.17) is 0 Å². The Bertz CT molecular complexity index is 1210. The summed E-state index contributed by atoms with van der Waals surface area (Å²) in [6.07, 6.45) is 5.26. The molecule has 0 unspecified atom stereocenters. The van der Waals surface area contributed by atoms with E-state index in [2.05, 4.69) is 37.0 Å². The number of nitrogens with one attached hydrogen (secondary N) is 1. The summed E-state index contributed by atoms with van der Waals surface area (Å²) in [7, 11) is 5.77. The Hall–Kier alpha value is -3.74.